The van der Waals surface area contributed by atoms with E-state index in [2.05, 4.69) is 87.1 Å². The van der Waals surface area contributed by atoms with E-state index in [1.165, 1.54) is 5.56 Å². The molecule has 1 atom stereocenters. The lowest BCUT2D eigenvalue weighted by molar-refractivity contribution is 0.0833. The van der Waals surface area contributed by atoms with Gasteiger partial charge in [-0.1, -0.05) is 29.1 Å². The third kappa shape index (κ3) is 3.91. The SMILES string of the molecule is BC1(B)Oc2ccc(C(B)(B)C(B)(C)NC(B)(B)C(B)(B)B)cc2O1. The van der Waals surface area contributed by atoms with Gasteiger partial charge in [-0.15, -0.1) is 5.11 Å². The van der Waals surface area contributed by atoms with Crippen LogP contribution in [0, 0.1) is 0 Å². The van der Waals surface area contributed by atoms with Crippen molar-refractivity contribution in [3.8, 4) is 11.5 Å². The first-order chi connectivity index (χ1) is 11.0. The van der Waals surface area contributed by atoms with Crippen LogP contribution < -0.4 is 14.8 Å². The molecule has 1 unspecified atom stereocenters. The van der Waals surface area contributed by atoms with Crippen LogP contribution in [0.3, 0.4) is 0 Å². The lowest BCUT2D eigenvalue weighted by Gasteiger charge is -2.53. The lowest BCUT2D eigenvalue weighted by atomic mass is 9.25. The van der Waals surface area contributed by atoms with Crippen LogP contribution in [0.25, 0.3) is 0 Å². The Balaban J connectivity index is 2.35. The van der Waals surface area contributed by atoms with Crippen molar-refractivity contribution in [2.24, 2.45) is 0 Å². The minimum atomic E-state index is -0.590. The zero-order valence-electron chi connectivity index (χ0n) is 18.0. The molecule has 0 fully saturated rings. The van der Waals surface area contributed by atoms with Gasteiger partial charge in [0.05, 0.1) is 23.5 Å². The summed E-state index contributed by atoms with van der Waals surface area (Å²) >= 11 is 0. The summed E-state index contributed by atoms with van der Waals surface area (Å²) < 4.78 is 11.8. The highest BCUT2D eigenvalue weighted by Gasteiger charge is 2.44. The summed E-state index contributed by atoms with van der Waals surface area (Å²) in [6.45, 7) is 2.29. The second-order valence-electron chi connectivity index (χ2n) is 10.5. The zero-order valence-corrected chi connectivity index (χ0v) is 18.0. The van der Waals surface area contributed by atoms with Gasteiger partial charge < -0.3 is 14.8 Å². The maximum Gasteiger partial charge on any atom is 0.197 e. The van der Waals surface area contributed by atoms with E-state index in [9.17, 15) is 0 Å². The Morgan fingerprint density at radius 1 is 0.880 bits per heavy atom. The average Bonchev–Trinajstić information content (AvgIpc) is 2.68. The standard InChI is InChI=1S/C12H27B10NO2/c1-8(13,23-11(19,20)10(16,17)18)9(14,15)5-2-3-6-7(4-5)25-12(21,22)24-6/h2-4,23H,13-22H2,1H3. The van der Waals surface area contributed by atoms with Crippen molar-refractivity contribution in [1.29, 1.82) is 0 Å². The molecule has 2 rings (SSSR count). The number of hydrogen-bond acceptors (Lipinski definition) is 3. The van der Waals surface area contributed by atoms with E-state index in [1.54, 1.807) is 0 Å². The van der Waals surface area contributed by atoms with Gasteiger partial charge in [0, 0.05) is 0 Å². The van der Waals surface area contributed by atoms with E-state index in [0.717, 1.165) is 11.5 Å². The molecule has 0 saturated heterocycles. The quantitative estimate of drug-likeness (QED) is 0.546. The molecule has 0 bridgehead atoms. The van der Waals surface area contributed by atoms with Crippen LogP contribution in [0.15, 0.2) is 18.2 Å². The summed E-state index contributed by atoms with van der Waals surface area (Å²) in [7, 11) is 22.2. The van der Waals surface area contributed by atoms with Gasteiger partial charge in [0.15, 0.2) is 32.8 Å². The molecule has 1 aliphatic rings. The fraction of sp³-hybridized carbons (Fsp3) is 0.500. The first kappa shape index (κ1) is 20.7. The third-order valence-corrected chi connectivity index (χ3v) is 6.44. The van der Waals surface area contributed by atoms with E-state index < -0.39 is 5.59 Å². The average molecular weight is 325 g/mol. The van der Waals surface area contributed by atoms with Crippen LogP contribution >= 0.6 is 0 Å². The number of benzene rings is 1. The molecule has 3 nitrogen and oxygen atoms in total. The van der Waals surface area contributed by atoms with Gasteiger partial charge >= 0.3 is 0 Å². The van der Waals surface area contributed by atoms with Gasteiger partial charge in [0.1, 0.15) is 39.2 Å². The van der Waals surface area contributed by atoms with Gasteiger partial charge in [-0.25, -0.2) is 0 Å². The summed E-state index contributed by atoms with van der Waals surface area (Å²) in [5, 5.41) is 3.97. The second kappa shape index (κ2) is 5.97. The van der Waals surface area contributed by atoms with Gasteiger partial charge in [-0.3, -0.25) is 0 Å². The highest BCUT2D eigenvalue weighted by molar-refractivity contribution is 6.67. The predicted octanol–water partition coefficient (Wildman–Crippen LogP) is -8.41. The van der Waals surface area contributed by atoms with Gasteiger partial charge in [0.25, 0.3) is 0 Å². The van der Waals surface area contributed by atoms with Crippen molar-refractivity contribution in [3.63, 3.8) is 0 Å². The Labute approximate surface area is 162 Å². The van der Waals surface area contributed by atoms with E-state index in [1.807, 2.05) is 21.8 Å². The summed E-state index contributed by atoms with van der Waals surface area (Å²) in [6.07, 6.45) is 0. The minimum Gasteiger partial charge on any atom is -0.467 e. The number of rotatable bonds is 5. The Bertz CT molecular complexity index is 670. The van der Waals surface area contributed by atoms with E-state index in [-0.39, 0.29) is 21.1 Å². The first-order valence-electron chi connectivity index (χ1n) is 9.30. The molecule has 122 valence electrons. The van der Waals surface area contributed by atoms with Gasteiger partial charge in [-0.2, -0.15) is 0 Å². The molecule has 1 aromatic carbocycles. The topological polar surface area (TPSA) is 30.5 Å². The monoisotopic (exact) mass is 327 g/mol. The predicted molar refractivity (Wildman–Crippen MR) is 135 cm³/mol. The Hall–Kier alpha value is -0.571. The molecule has 1 aromatic rings. The van der Waals surface area contributed by atoms with Crippen molar-refractivity contribution in [3.05, 3.63) is 23.8 Å². The number of hydrogen-bond donors (Lipinski definition) is 1. The van der Waals surface area contributed by atoms with Crippen molar-refractivity contribution < 1.29 is 9.47 Å². The van der Waals surface area contributed by atoms with Gasteiger partial charge in [0.2, 0.25) is 0 Å². The molecule has 0 aromatic heterocycles. The van der Waals surface area contributed by atoms with Crippen LogP contribution in [-0.4, -0.2) is 94.8 Å². The normalized spacial score (nSPS) is 19.2. The Morgan fingerprint density at radius 2 is 1.40 bits per heavy atom. The third-order valence-electron chi connectivity index (χ3n) is 6.44. The highest BCUT2D eigenvalue weighted by Crippen LogP contribution is 2.41. The first-order valence-corrected chi connectivity index (χ1v) is 9.30. The molecule has 1 aliphatic heterocycles. The molecule has 1 N–H and O–H groups in total. The summed E-state index contributed by atoms with van der Waals surface area (Å²) in [5.41, 5.74) is 0.537. The smallest absolute Gasteiger partial charge is 0.197 e. The molecule has 0 radical (unpaired) electrons. The maximum absolute atomic E-state index is 5.96. The van der Waals surface area contributed by atoms with Crippen LogP contribution in [0.2, 0.25) is 5.11 Å². The van der Waals surface area contributed by atoms with Crippen LogP contribution in [0.5, 0.6) is 11.5 Å². The van der Waals surface area contributed by atoms with Crippen LogP contribution in [-0.2, 0) is 5.21 Å². The number of nitrogens with one attached hydrogen (secondary N) is 1. The minimum absolute atomic E-state index is 0.00784. The summed E-state index contributed by atoms with van der Waals surface area (Å²) in [6, 6.07) is 6.33. The molecular weight excluding hydrogens is 298 g/mol. The van der Waals surface area contributed by atoms with E-state index >= 15 is 0 Å². The van der Waals surface area contributed by atoms with Crippen molar-refractivity contribution in [2.75, 3.05) is 0 Å². The summed E-state index contributed by atoms with van der Waals surface area (Å²) in [5.74, 6) is 1.66. The fourth-order valence-electron chi connectivity index (χ4n) is 3.10. The largest absolute Gasteiger partial charge is 0.467 e. The number of fused-ring (bicyclic) bond motifs is 1. The molecule has 0 aliphatic carbocycles. The molecular formula is C12H27B10NO2. The molecule has 13 heteroatoms. The van der Waals surface area contributed by atoms with E-state index in [0.29, 0.717) is 0 Å². The molecule has 0 amide bonds. The fourth-order valence-corrected chi connectivity index (χ4v) is 3.10. The molecule has 0 saturated carbocycles. The molecule has 0 spiro atoms. The van der Waals surface area contributed by atoms with Crippen LogP contribution in [0.4, 0.5) is 0 Å². The van der Waals surface area contributed by atoms with Crippen molar-refractivity contribution >= 4 is 78.5 Å². The molecule has 25 heavy (non-hydrogen) atoms. The van der Waals surface area contributed by atoms with Crippen molar-refractivity contribution in [2.45, 2.75) is 33.6 Å². The zero-order chi connectivity index (χ0) is 19.5. The van der Waals surface area contributed by atoms with E-state index in [4.69, 9.17) is 9.47 Å². The Kier molecular flexibility index (Phi) is 4.95. The van der Waals surface area contributed by atoms with Crippen molar-refractivity contribution in [1.82, 2.24) is 5.32 Å². The number of ether oxygens (including phenoxy) is 2. The highest BCUT2D eigenvalue weighted by atomic mass is 16.7. The Morgan fingerprint density at radius 3 is 1.92 bits per heavy atom. The maximum atomic E-state index is 5.96. The lowest BCUT2D eigenvalue weighted by Crippen LogP contribution is -2.71. The second-order valence-corrected chi connectivity index (χ2v) is 10.5. The summed E-state index contributed by atoms with van der Waals surface area (Å²) in [4.78, 5) is 0. The van der Waals surface area contributed by atoms with Gasteiger partial charge in [-0.05, 0) is 17.6 Å². The molecule has 1 heterocycles. The van der Waals surface area contributed by atoms with Crippen LogP contribution in [0.1, 0.15) is 12.5 Å².